The summed E-state index contributed by atoms with van der Waals surface area (Å²) in [6.07, 6.45) is 0. The van der Waals surface area contributed by atoms with E-state index in [1.54, 1.807) is 0 Å². The van der Waals surface area contributed by atoms with Crippen molar-refractivity contribution >= 4 is 0 Å². The lowest BCUT2D eigenvalue weighted by Crippen LogP contribution is -2.23. The minimum atomic E-state index is 0.0139. The van der Waals surface area contributed by atoms with Crippen LogP contribution in [0.4, 0.5) is 0 Å². The predicted octanol–water partition coefficient (Wildman–Crippen LogP) is 0.402. The molecule has 5 N–H and O–H groups in total. The van der Waals surface area contributed by atoms with E-state index in [2.05, 4.69) is 5.32 Å². The SMILES string of the molecule is Oc1ccc(O)n1CCNCCn1c(O)ccc1O. The van der Waals surface area contributed by atoms with E-state index in [0.29, 0.717) is 26.2 Å². The van der Waals surface area contributed by atoms with Gasteiger partial charge in [0.05, 0.1) is 0 Å². The maximum absolute atomic E-state index is 9.42. The molecule has 0 unspecified atom stereocenters. The summed E-state index contributed by atoms with van der Waals surface area (Å²) in [5.41, 5.74) is 0. The number of aromatic nitrogens is 2. The number of hydrogen-bond acceptors (Lipinski definition) is 5. The van der Waals surface area contributed by atoms with Crippen LogP contribution in [0.15, 0.2) is 24.3 Å². The average Bonchev–Trinajstić information content (AvgIpc) is 2.86. The van der Waals surface area contributed by atoms with Crippen molar-refractivity contribution in [1.29, 1.82) is 0 Å². The molecule has 0 atom stereocenters. The Balaban J connectivity index is 1.73. The van der Waals surface area contributed by atoms with Crippen LogP contribution in [0.2, 0.25) is 0 Å². The minimum Gasteiger partial charge on any atom is -0.494 e. The number of rotatable bonds is 6. The molecule has 19 heavy (non-hydrogen) atoms. The second-order valence-corrected chi connectivity index (χ2v) is 4.15. The maximum Gasteiger partial charge on any atom is 0.193 e. The number of hydrogen-bond donors (Lipinski definition) is 5. The molecular formula is C12H17N3O4. The summed E-state index contributed by atoms with van der Waals surface area (Å²) < 4.78 is 2.75. The molecule has 0 radical (unpaired) electrons. The molecule has 2 rings (SSSR count). The van der Waals surface area contributed by atoms with Crippen LogP contribution in [-0.4, -0.2) is 42.6 Å². The fourth-order valence-corrected chi connectivity index (χ4v) is 1.86. The molecule has 2 aromatic rings. The van der Waals surface area contributed by atoms with Crippen molar-refractivity contribution < 1.29 is 20.4 Å². The van der Waals surface area contributed by atoms with Gasteiger partial charge < -0.3 is 25.7 Å². The number of nitrogens with one attached hydrogen (secondary N) is 1. The molecule has 0 spiro atoms. The largest absolute Gasteiger partial charge is 0.494 e. The Morgan fingerprint density at radius 3 is 1.32 bits per heavy atom. The summed E-state index contributed by atoms with van der Waals surface area (Å²) in [6, 6.07) is 5.69. The van der Waals surface area contributed by atoms with E-state index in [0.717, 1.165) is 0 Å². The van der Waals surface area contributed by atoms with Gasteiger partial charge in [0.15, 0.2) is 23.5 Å². The topological polar surface area (TPSA) is 103 Å². The van der Waals surface area contributed by atoms with Crippen molar-refractivity contribution in [3.63, 3.8) is 0 Å². The van der Waals surface area contributed by atoms with E-state index < -0.39 is 0 Å². The van der Waals surface area contributed by atoms with Crippen molar-refractivity contribution in [2.75, 3.05) is 13.1 Å². The highest BCUT2D eigenvalue weighted by molar-refractivity contribution is 5.24. The first kappa shape index (κ1) is 13.2. The van der Waals surface area contributed by atoms with E-state index in [1.807, 2.05) is 0 Å². The third-order valence-electron chi connectivity index (χ3n) is 2.89. The molecule has 0 fully saturated rings. The Bertz CT molecular complexity index is 460. The van der Waals surface area contributed by atoms with Gasteiger partial charge >= 0.3 is 0 Å². The van der Waals surface area contributed by atoms with Gasteiger partial charge in [0.2, 0.25) is 0 Å². The highest BCUT2D eigenvalue weighted by Gasteiger charge is 2.06. The molecule has 2 aromatic heterocycles. The molecule has 0 saturated heterocycles. The Hall–Kier alpha value is -2.28. The quantitative estimate of drug-likeness (QED) is 0.488. The molecular weight excluding hydrogens is 250 g/mol. The van der Waals surface area contributed by atoms with Gasteiger partial charge in [-0.3, -0.25) is 9.13 Å². The van der Waals surface area contributed by atoms with Crippen molar-refractivity contribution in [1.82, 2.24) is 14.5 Å². The lowest BCUT2D eigenvalue weighted by Gasteiger charge is -2.10. The number of aromatic hydroxyl groups is 4. The molecule has 2 heterocycles. The van der Waals surface area contributed by atoms with Gasteiger partial charge in [0.25, 0.3) is 0 Å². The first-order chi connectivity index (χ1) is 9.09. The summed E-state index contributed by atoms with van der Waals surface area (Å²) >= 11 is 0. The zero-order valence-electron chi connectivity index (χ0n) is 10.3. The minimum absolute atomic E-state index is 0.0139. The molecule has 0 aliphatic heterocycles. The zero-order valence-corrected chi connectivity index (χ0v) is 10.3. The summed E-state index contributed by atoms with van der Waals surface area (Å²) in [5.74, 6) is 0.0555. The van der Waals surface area contributed by atoms with Crippen LogP contribution in [0.3, 0.4) is 0 Å². The Labute approximate surface area is 110 Å². The molecule has 0 bridgehead atoms. The third-order valence-corrected chi connectivity index (χ3v) is 2.89. The first-order valence-corrected chi connectivity index (χ1v) is 5.95. The fourth-order valence-electron chi connectivity index (χ4n) is 1.86. The van der Waals surface area contributed by atoms with Crippen LogP contribution in [0, 0.1) is 0 Å². The summed E-state index contributed by atoms with van der Waals surface area (Å²) in [7, 11) is 0. The fraction of sp³-hybridized carbons (Fsp3) is 0.333. The van der Waals surface area contributed by atoms with E-state index >= 15 is 0 Å². The van der Waals surface area contributed by atoms with E-state index in [9.17, 15) is 20.4 Å². The Morgan fingerprint density at radius 1 is 0.684 bits per heavy atom. The molecule has 0 saturated carbocycles. The standard InChI is InChI=1S/C12H17N3O4/c16-9-1-2-10(17)14(9)7-5-13-6-8-15-11(18)3-4-12(15)19/h1-4,13,16-19H,5-8H2. The van der Waals surface area contributed by atoms with Gasteiger partial charge in [-0.25, -0.2) is 0 Å². The molecule has 0 aliphatic rings. The molecule has 0 amide bonds. The zero-order chi connectivity index (χ0) is 13.8. The Morgan fingerprint density at radius 2 is 1.00 bits per heavy atom. The normalized spacial score (nSPS) is 10.9. The van der Waals surface area contributed by atoms with Crippen molar-refractivity contribution in [2.45, 2.75) is 13.1 Å². The van der Waals surface area contributed by atoms with E-state index in [4.69, 9.17) is 0 Å². The first-order valence-electron chi connectivity index (χ1n) is 5.95. The smallest absolute Gasteiger partial charge is 0.193 e. The van der Waals surface area contributed by atoms with Crippen LogP contribution >= 0.6 is 0 Å². The van der Waals surface area contributed by atoms with E-state index in [1.165, 1.54) is 33.4 Å². The van der Waals surface area contributed by atoms with E-state index in [-0.39, 0.29) is 23.5 Å². The Kier molecular flexibility index (Phi) is 3.86. The monoisotopic (exact) mass is 267 g/mol. The van der Waals surface area contributed by atoms with Crippen LogP contribution < -0.4 is 5.32 Å². The van der Waals surface area contributed by atoms with Gasteiger partial charge in [0, 0.05) is 50.4 Å². The van der Waals surface area contributed by atoms with Crippen molar-refractivity contribution in [3.05, 3.63) is 24.3 Å². The molecule has 7 nitrogen and oxygen atoms in total. The van der Waals surface area contributed by atoms with Crippen LogP contribution in [0.5, 0.6) is 23.5 Å². The van der Waals surface area contributed by atoms with Crippen LogP contribution in [0.25, 0.3) is 0 Å². The van der Waals surface area contributed by atoms with Gasteiger partial charge in [-0.05, 0) is 0 Å². The summed E-state index contributed by atoms with van der Waals surface area (Å²) in [4.78, 5) is 0. The van der Waals surface area contributed by atoms with Crippen molar-refractivity contribution in [3.8, 4) is 23.5 Å². The van der Waals surface area contributed by atoms with Gasteiger partial charge in [-0.1, -0.05) is 0 Å². The molecule has 104 valence electrons. The highest BCUT2D eigenvalue weighted by atomic mass is 16.3. The van der Waals surface area contributed by atoms with Gasteiger partial charge in [0.1, 0.15) is 0 Å². The number of nitrogens with zero attached hydrogens (tertiary/aromatic N) is 2. The highest BCUT2D eigenvalue weighted by Crippen LogP contribution is 2.20. The third kappa shape index (κ3) is 2.94. The molecule has 0 aliphatic carbocycles. The lowest BCUT2D eigenvalue weighted by atomic mass is 10.5. The van der Waals surface area contributed by atoms with Gasteiger partial charge in [-0.2, -0.15) is 0 Å². The lowest BCUT2D eigenvalue weighted by molar-refractivity contribution is 0.356. The van der Waals surface area contributed by atoms with Crippen LogP contribution in [0.1, 0.15) is 0 Å². The summed E-state index contributed by atoms with van der Waals surface area (Å²) in [5, 5.41) is 40.7. The molecule has 7 heteroatoms. The second-order valence-electron chi connectivity index (χ2n) is 4.15. The van der Waals surface area contributed by atoms with Crippen molar-refractivity contribution in [2.24, 2.45) is 0 Å². The average molecular weight is 267 g/mol. The maximum atomic E-state index is 9.42. The van der Waals surface area contributed by atoms with Gasteiger partial charge in [-0.15, -0.1) is 0 Å². The van der Waals surface area contributed by atoms with Crippen LogP contribution in [-0.2, 0) is 13.1 Å². The predicted molar refractivity (Wildman–Crippen MR) is 68.4 cm³/mol. The summed E-state index contributed by atoms with van der Waals surface area (Å²) in [6.45, 7) is 1.93. The molecule has 0 aromatic carbocycles. The second kappa shape index (κ2) is 5.57.